The number of likely N-dealkylation sites (N-methyl/N-ethyl adjacent to an activating group) is 1. The van der Waals surface area contributed by atoms with Crippen molar-refractivity contribution in [3.8, 4) is 0 Å². The molecule has 0 bridgehead atoms. The van der Waals surface area contributed by atoms with Crippen molar-refractivity contribution in [2.24, 2.45) is 15.2 Å². The molecule has 2 aliphatic rings. The van der Waals surface area contributed by atoms with Crippen LogP contribution in [0.5, 0.6) is 0 Å². The standard InChI is InChI=1S/C18H21BrN6O2/c1-12-10-13(19)4-5-15(12)21-16-11-25(26)8-6-14(16)17-22-23-18(27-17)20-7-9-24(2)3/h4-6,8,10-11,21,26H,7,9H2,1-3H3. The molecule has 0 fully saturated rings. The summed E-state index contributed by atoms with van der Waals surface area (Å²) in [6.07, 6.45) is 4.75. The molecule has 0 amide bonds. The van der Waals surface area contributed by atoms with Crippen LogP contribution in [0.4, 0.5) is 5.69 Å². The fourth-order valence-corrected chi connectivity index (χ4v) is 2.89. The maximum absolute atomic E-state index is 9.83. The molecule has 2 heterocycles. The molecule has 0 aliphatic carbocycles. The Morgan fingerprint density at radius 1 is 1.33 bits per heavy atom. The molecule has 0 aromatic heterocycles. The highest BCUT2D eigenvalue weighted by Crippen LogP contribution is 2.29. The highest BCUT2D eigenvalue weighted by Gasteiger charge is 2.22. The van der Waals surface area contributed by atoms with Crippen molar-refractivity contribution in [1.29, 1.82) is 0 Å². The molecule has 1 aromatic carbocycles. The van der Waals surface area contributed by atoms with E-state index in [2.05, 4.69) is 36.5 Å². The number of rotatable bonds is 5. The Morgan fingerprint density at radius 2 is 2.15 bits per heavy atom. The Hall–Kier alpha value is -2.49. The van der Waals surface area contributed by atoms with Crippen molar-refractivity contribution in [1.82, 2.24) is 9.96 Å². The van der Waals surface area contributed by atoms with Crippen LogP contribution in [0.15, 0.2) is 73.5 Å². The second-order valence-corrected chi connectivity index (χ2v) is 7.23. The second-order valence-electron chi connectivity index (χ2n) is 6.31. The smallest absolute Gasteiger partial charge is 0.338 e. The average Bonchev–Trinajstić information content (AvgIpc) is 3.06. The Labute approximate surface area is 166 Å². The molecule has 8 nitrogen and oxygen atoms in total. The number of hydrogen-bond acceptors (Lipinski definition) is 7. The molecule has 3 rings (SSSR count). The average molecular weight is 433 g/mol. The first kappa shape index (κ1) is 19.3. The van der Waals surface area contributed by atoms with Crippen LogP contribution in [0.2, 0.25) is 0 Å². The fourth-order valence-electron chi connectivity index (χ4n) is 2.42. The van der Waals surface area contributed by atoms with E-state index in [4.69, 9.17) is 4.74 Å². The van der Waals surface area contributed by atoms with Gasteiger partial charge in [-0.2, -0.15) is 0 Å². The van der Waals surface area contributed by atoms with Gasteiger partial charge in [-0.15, -0.1) is 5.11 Å². The molecule has 2 aliphatic heterocycles. The first-order valence-electron chi connectivity index (χ1n) is 8.36. The van der Waals surface area contributed by atoms with Gasteiger partial charge in [0.25, 0.3) is 5.88 Å². The summed E-state index contributed by atoms with van der Waals surface area (Å²) in [6.45, 7) is 3.36. The molecule has 27 heavy (non-hydrogen) atoms. The van der Waals surface area contributed by atoms with Crippen LogP contribution in [0.25, 0.3) is 0 Å². The fraction of sp³-hybridized carbons (Fsp3) is 0.278. The number of nitrogens with one attached hydrogen (secondary N) is 1. The van der Waals surface area contributed by atoms with Crippen molar-refractivity contribution in [3.05, 3.63) is 63.9 Å². The second kappa shape index (κ2) is 8.47. The summed E-state index contributed by atoms with van der Waals surface area (Å²) in [4.78, 5) is 6.31. The van der Waals surface area contributed by atoms with Crippen molar-refractivity contribution < 1.29 is 9.94 Å². The van der Waals surface area contributed by atoms with Crippen molar-refractivity contribution in [2.75, 3.05) is 32.5 Å². The van der Waals surface area contributed by atoms with Crippen molar-refractivity contribution >= 4 is 27.6 Å². The highest BCUT2D eigenvalue weighted by atomic mass is 79.9. The molecule has 1 aromatic rings. The van der Waals surface area contributed by atoms with Gasteiger partial charge in [0.1, 0.15) is 0 Å². The van der Waals surface area contributed by atoms with E-state index in [1.165, 1.54) is 6.20 Å². The number of azo groups is 1. The lowest BCUT2D eigenvalue weighted by Gasteiger charge is -2.20. The van der Waals surface area contributed by atoms with Crippen LogP contribution in [-0.4, -0.2) is 48.4 Å². The Morgan fingerprint density at radius 3 is 2.89 bits per heavy atom. The van der Waals surface area contributed by atoms with Gasteiger partial charge < -0.3 is 15.0 Å². The van der Waals surface area contributed by atoms with Gasteiger partial charge in [-0.05, 0) is 50.9 Å². The molecule has 9 heteroatoms. The largest absolute Gasteiger partial charge is 0.402 e. The number of aliphatic imine (C=N–C) groups is 1. The van der Waals surface area contributed by atoms with Gasteiger partial charge in [-0.3, -0.25) is 5.21 Å². The Kier molecular flexibility index (Phi) is 6.04. The van der Waals surface area contributed by atoms with Crippen LogP contribution >= 0.6 is 15.9 Å². The number of halogens is 1. The quantitative estimate of drug-likeness (QED) is 0.737. The summed E-state index contributed by atoms with van der Waals surface area (Å²) in [6, 6.07) is 6.14. The molecule has 2 N–H and O–H groups in total. The van der Waals surface area contributed by atoms with Gasteiger partial charge in [0.05, 0.1) is 24.0 Å². The number of amidine groups is 1. The summed E-state index contributed by atoms with van der Waals surface area (Å²) >= 11 is 3.46. The van der Waals surface area contributed by atoms with E-state index in [1.54, 1.807) is 12.3 Å². The maximum atomic E-state index is 9.83. The first-order chi connectivity index (χ1) is 12.9. The van der Waals surface area contributed by atoms with Crippen LogP contribution in [0.3, 0.4) is 0 Å². The zero-order chi connectivity index (χ0) is 19.4. The zero-order valence-corrected chi connectivity index (χ0v) is 16.9. The zero-order valence-electron chi connectivity index (χ0n) is 15.3. The van der Waals surface area contributed by atoms with Gasteiger partial charge in [0.2, 0.25) is 0 Å². The van der Waals surface area contributed by atoms with E-state index < -0.39 is 0 Å². The SMILES string of the molecule is Cc1cc(Br)ccc1NC1=CN(O)C=CC1=C1N=NC(=NCCN(C)C)O1. The van der Waals surface area contributed by atoms with Crippen LogP contribution < -0.4 is 5.32 Å². The molecule has 0 saturated heterocycles. The monoisotopic (exact) mass is 432 g/mol. The number of ether oxygens (including phenoxy) is 1. The number of allylic oxidation sites excluding steroid dienone is 1. The molecule has 0 radical (unpaired) electrons. The first-order valence-corrected chi connectivity index (χ1v) is 9.15. The van der Waals surface area contributed by atoms with Crippen LogP contribution in [0.1, 0.15) is 5.56 Å². The summed E-state index contributed by atoms with van der Waals surface area (Å²) in [5.74, 6) is 0.330. The predicted molar refractivity (Wildman–Crippen MR) is 107 cm³/mol. The number of hydroxylamine groups is 2. The van der Waals surface area contributed by atoms with E-state index in [0.717, 1.165) is 27.3 Å². The molecule has 142 valence electrons. The van der Waals surface area contributed by atoms with Gasteiger partial charge in [0.15, 0.2) is 0 Å². The van der Waals surface area contributed by atoms with Gasteiger partial charge in [-0.1, -0.05) is 21.0 Å². The van der Waals surface area contributed by atoms with E-state index in [9.17, 15) is 5.21 Å². The van der Waals surface area contributed by atoms with Gasteiger partial charge in [-0.25, -0.2) is 10.1 Å². The number of anilines is 1. The lowest BCUT2D eigenvalue weighted by atomic mass is 10.1. The van der Waals surface area contributed by atoms with Gasteiger partial charge >= 0.3 is 6.02 Å². The predicted octanol–water partition coefficient (Wildman–Crippen LogP) is 3.84. The van der Waals surface area contributed by atoms with Crippen molar-refractivity contribution in [3.63, 3.8) is 0 Å². The third-order valence-corrected chi connectivity index (χ3v) is 4.34. The molecular formula is C18H21BrN6O2. The van der Waals surface area contributed by atoms with E-state index in [1.807, 2.05) is 44.1 Å². The summed E-state index contributed by atoms with van der Waals surface area (Å²) in [7, 11) is 3.95. The Balaban J connectivity index is 1.81. The lowest BCUT2D eigenvalue weighted by molar-refractivity contribution is 0.00960. The van der Waals surface area contributed by atoms with Crippen LogP contribution in [0, 0.1) is 6.92 Å². The molecule has 0 unspecified atom stereocenters. The molecular weight excluding hydrogens is 412 g/mol. The normalized spacial score (nSPS) is 20.4. The van der Waals surface area contributed by atoms with E-state index >= 15 is 0 Å². The summed E-state index contributed by atoms with van der Waals surface area (Å²) in [5, 5.41) is 22.2. The maximum Gasteiger partial charge on any atom is 0.338 e. The third kappa shape index (κ3) is 5.03. The number of aryl methyl sites for hydroxylation is 1. The van der Waals surface area contributed by atoms with Crippen LogP contribution in [-0.2, 0) is 4.74 Å². The topological polar surface area (TPSA) is 85.0 Å². The summed E-state index contributed by atoms with van der Waals surface area (Å²) in [5.41, 5.74) is 3.26. The minimum Gasteiger partial charge on any atom is -0.402 e. The van der Waals surface area contributed by atoms with Gasteiger partial charge in [0, 0.05) is 22.9 Å². The van der Waals surface area contributed by atoms with Crippen molar-refractivity contribution in [2.45, 2.75) is 6.92 Å². The molecule has 0 saturated carbocycles. The minimum absolute atomic E-state index is 0.235. The highest BCUT2D eigenvalue weighted by molar-refractivity contribution is 9.10. The minimum atomic E-state index is 0.235. The number of hydrogen-bond donors (Lipinski definition) is 2. The van der Waals surface area contributed by atoms with E-state index in [0.29, 0.717) is 23.7 Å². The molecule has 0 spiro atoms. The molecule has 0 atom stereocenters. The Bertz CT molecular complexity index is 873. The summed E-state index contributed by atoms with van der Waals surface area (Å²) < 4.78 is 6.67. The third-order valence-electron chi connectivity index (χ3n) is 3.84. The number of nitrogens with zero attached hydrogens (tertiary/aromatic N) is 5. The van der Waals surface area contributed by atoms with E-state index in [-0.39, 0.29) is 6.02 Å². The number of benzene rings is 1. The lowest BCUT2D eigenvalue weighted by Crippen LogP contribution is -2.16.